The predicted octanol–water partition coefficient (Wildman–Crippen LogP) is 3.39. The van der Waals surface area contributed by atoms with E-state index >= 15 is 0 Å². The molecule has 2 aromatic heterocycles. The van der Waals surface area contributed by atoms with Crippen LogP contribution in [-0.4, -0.2) is 44.7 Å². The first-order valence-corrected chi connectivity index (χ1v) is 9.40. The molecular formula is C22H23N3O2. The van der Waals surface area contributed by atoms with Gasteiger partial charge in [0.2, 0.25) is 5.91 Å². The number of benzene rings is 1. The highest BCUT2D eigenvalue weighted by molar-refractivity contribution is 5.95. The molecule has 0 bridgehead atoms. The van der Waals surface area contributed by atoms with E-state index in [1.54, 1.807) is 11.0 Å². The van der Waals surface area contributed by atoms with Crippen LogP contribution in [0.25, 0.3) is 22.9 Å². The summed E-state index contributed by atoms with van der Waals surface area (Å²) in [5, 5.41) is 14.3. The van der Waals surface area contributed by atoms with E-state index in [9.17, 15) is 9.90 Å². The van der Waals surface area contributed by atoms with Crippen LogP contribution in [-0.2, 0) is 4.79 Å². The Morgan fingerprint density at radius 2 is 1.96 bits per heavy atom. The molecule has 1 aliphatic rings. The Hall–Kier alpha value is -2.92. The molecule has 1 N–H and O–H groups in total. The molecular weight excluding hydrogens is 338 g/mol. The van der Waals surface area contributed by atoms with Gasteiger partial charge in [0.25, 0.3) is 0 Å². The molecule has 1 fully saturated rings. The monoisotopic (exact) mass is 361 g/mol. The molecule has 27 heavy (non-hydrogen) atoms. The number of carbonyl (C=O) groups is 1. The predicted molar refractivity (Wildman–Crippen MR) is 106 cm³/mol. The van der Waals surface area contributed by atoms with E-state index < -0.39 is 0 Å². The number of nitrogens with zero attached hydrogens (tertiary/aromatic N) is 3. The fourth-order valence-corrected chi connectivity index (χ4v) is 3.72. The van der Waals surface area contributed by atoms with E-state index in [1.165, 1.54) is 0 Å². The van der Waals surface area contributed by atoms with Crippen LogP contribution in [0.3, 0.4) is 0 Å². The molecule has 1 unspecified atom stereocenters. The number of rotatable bonds is 4. The molecule has 5 heteroatoms. The fourth-order valence-electron chi connectivity index (χ4n) is 3.72. The van der Waals surface area contributed by atoms with Crippen LogP contribution in [0.4, 0.5) is 0 Å². The van der Waals surface area contributed by atoms with E-state index in [0.717, 1.165) is 41.6 Å². The lowest BCUT2D eigenvalue weighted by Gasteiger charge is -2.33. The topological polar surface area (TPSA) is 57.8 Å². The van der Waals surface area contributed by atoms with Gasteiger partial charge in [-0.3, -0.25) is 4.79 Å². The summed E-state index contributed by atoms with van der Waals surface area (Å²) in [6.45, 7) is 0.722. The second kappa shape index (κ2) is 7.76. The van der Waals surface area contributed by atoms with Crippen LogP contribution in [0.15, 0.2) is 60.8 Å². The number of hydrogen-bond acceptors (Lipinski definition) is 3. The van der Waals surface area contributed by atoms with Crippen molar-refractivity contribution in [2.45, 2.75) is 25.3 Å². The highest BCUT2D eigenvalue weighted by atomic mass is 16.3. The van der Waals surface area contributed by atoms with Crippen molar-refractivity contribution < 1.29 is 9.90 Å². The number of aliphatic hydroxyl groups excluding tert-OH is 1. The zero-order valence-corrected chi connectivity index (χ0v) is 15.2. The molecule has 1 saturated heterocycles. The van der Waals surface area contributed by atoms with E-state index in [2.05, 4.69) is 0 Å². The number of fused-ring (bicyclic) bond motifs is 1. The summed E-state index contributed by atoms with van der Waals surface area (Å²) < 4.78 is 1.84. The molecule has 0 radical (unpaired) electrons. The van der Waals surface area contributed by atoms with Crippen LogP contribution in [0.5, 0.6) is 0 Å². The first-order chi connectivity index (χ1) is 13.3. The average molecular weight is 361 g/mol. The van der Waals surface area contributed by atoms with E-state index in [1.807, 2.05) is 65.3 Å². The SMILES string of the molecule is O=C(C=Cc1c(-c2ccccc2)nn2ccccc12)N1CCCCC1CO. The molecule has 1 atom stereocenters. The van der Waals surface area contributed by atoms with Gasteiger partial charge in [-0.15, -0.1) is 0 Å². The minimum atomic E-state index is -0.0756. The summed E-state index contributed by atoms with van der Waals surface area (Å²) >= 11 is 0. The minimum Gasteiger partial charge on any atom is -0.394 e. The van der Waals surface area contributed by atoms with E-state index in [4.69, 9.17) is 5.10 Å². The third-order valence-electron chi connectivity index (χ3n) is 5.14. The number of amides is 1. The van der Waals surface area contributed by atoms with Crippen LogP contribution in [0, 0.1) is 0 Å². The Kier molecular flexibility index (Phi) is 5.03. The summed E-state index contributed by atoms with van der Waals surface area (Å²) in [5.74, 6) is -0.0527. The second-order valence-electron chi connectivity index (χ2n) is 6.86. The summed E-state index contributed by atoms with van der Waals surface area (Å²) in [5.41, 5.74) is 3.74. The molecule has 0 aliphatic carbocycles. The van der Waals surface area contributed by atoms with Gasteiger partial charge in [0, 0.05) is 29.9 Å². The number of likely N-dealkylation sites (tertiary alicyclic amines) is 1. The average Bonchev–Trinajstić information content (AvgIpc) is 3.11. The van der Waals surface area contributed by atoms with Gasteiger partial charge in [0.1, 0.15) is 5.69 Å². The molecule has 4 rings (SSSR count). The van der Waals surface area contributed by atoms with Crippen molar-refractivity contribution in [3.8, 4) is 11.3 Å². The molecule has 3 aromatic rings. The molecule has 1 aliphatic heterocycles. The Morgan fingerprint density at radius 1 is 1.15 bits per heavy atom. The second-order valence-corrected chi connectivity index (χ2v) is 6.86. The Labute approximate surface area is 158 Å². The third-order valence-corrected chi connectivity index (χ3v) is 5.14. The lowest BCUT2D eigenvalue weighted by atomic mass is 10.0. The first-order valence-electron chi connectivity index (χ1n) is 9.40. The van der Waals surface area contributed by atoms with Gasteiger partial charge in [-0.25, -0.2) is 4.52 Å². The Morgan fingerprint density at radius 3 is 2.78 bits per heavy atom. The molecule has 5 nitrogen and oxygen atoms in total. The quantitative estimate of drug-likeness (QED) is 0.725. The molecule has 138 valence electrons. The molecule has 0 spiro atoms. The third kappa shape index (κ3) is 3.51. The largest absolute Gasteiger partial charge is 0.394 e. The first kappa shape index (κ1) is 17.5. The van der Waals surface area contributed by atoms with Crippen LogP contribution >= 0.6 is 0 Å². The van der Waals surface area contributed by atoms with Gasteiger partial charge in [0.15, 0.2) is 0 Å². The molecule has 3 heterocycles. The smallest absolute Gasteiger partial charge is 0.246 e. The van der Waals surface area contributed by atoms with Crippen molar-refractivity contribution >= 4 is 17.5 Å². The van der Waals surface area contributed by atoms with E-state index in [0.29, 0.717) is 6.54 Å². The number of aliphatic hydroxyl groups is 1. The lowest BCUT2D eigenvalue weighted by Crippen LogP contribution is -2.44. The van der Waals surface area contributed by atoms with Crippen molar-refractivity contribution in [3.63, 3.8) is 0 Å². The maximum Gasteiger partial charge on any atom is 0.246 e. The molecule has 1 aromatic carbocycles. The summed E-state index contributed by atoms with van der Waals surface area (Å²) in [7, 11) is 0. The van der Waals surface area contributed by atoms with Crippen LogP contribution in [0.1, 0.15) is 24.8 Å². The molecule has 0 saturated carbocycles. The number of carbonyl (C=O) groups excluding carboxylic acids is 1. The summed E-state index contributed by atoms with van der Waals surface area (Å²) in [4.78, 5) is 14.5. The normalized spacial score (nSPS) is 17.7. The Balaban J connectivity index is 1.70. The van der Waals surface area contributed by atoms with Crippen molar-refractivity contribution in [1.29, 1.82) is 0 Å². The standard InChI is InChI=1S/C22H23N3O2/c26-16-18-10-4-6-14-24(18)21(27)13-12-19-20-11-5-7-15-25(20)23-22(19)17-8-2-1-3-9-17/h1-3,5,7-9,11-13,15,18,26H,4,6,10,14,16H2. The zero-order chi connectivity index (χ0) is 18.6. The lowest BCUT2D eigenvalue weighted by molar-refractivity contribution is -0.130. The van der Waals surface area contributed by atoms with E-state index in [-0.39, 0.29) is 18.6 Å². The van der Waals surface area contributed by atoms with Crippen LogP contribution < -0.4 is 0 Å². The van der Waals surface area contributed by atoms with Crippen molar-refractivity contribution in [1.82, 2.24) is 14.5 Å². The number of hydrogen-bond donors (Lipinski definition) is 1. The maximum absolute atomic E-state index is 12.7. The fraction of sp³-hybridized carbons (Fsp3) is 0.273. The van der Waals surface area contributed by atoms with Gasteiger partial charge < -0.3 is 10.0 Å². The minimum absolute atomic E-state index is 0.0194. The van der Waals surface area contributed by atoms with Gasteiger partial charge in [-0.05, 0) is 37.5 Å². The van der Waals surface area contributed by atoms with Gasteiger partial charge in [-0.2, -0.15) is 5.10 Å². The zero-order valence-electron chi connectivity index (χ0n) is 15.2. The summed E-state index contributed by atoms with van der Waals surface area (Å²) in [6.07, 6.45) is 8.29. The van der Waals surface area contributed by atoms with Crippen LogP contribution in [0.2, 0.25) is 0 Å². The van der Waals surface area contributed by atoms with Gasteiger partial charge >= 0.3 is 0 Å². The number of piperidine rings is 1. The maximum atomic E-state index is 12.7. The van der Waals surface area contributed by atoms with Crippen molar-refractivity contribution in [2.75, 3.05) is 13.2 Å². The molecule has 1 amide bonds. The van der Waals surface area contributed by atoms with Crippen molar-refractivity contribution in [3.05, 3.63) is 66.4 Å². The van der Waals surface area contributed by atoms with Gasteiger partial charge in [0.05, 0.1) is 18.2 Å². The highest BCUT2D eigenvalue weighted by Gasteiger charge is 2.24. The number of pyridine rings is 1. The van der Waals surface area contributed by atoms with Gasteiger partial charge in [-0.1, -0.05) is 36.4 Å². The highest BCUT2D eigenvalue weighted by Crippen LogP contribution is 2.27. The van der Waals surface area contributed by atoms with Crippen molar-refractivity contribution in [2.24, 2.45) is 0 Å². The number of aromatic nitrogens is 2. The Bertz CT molecular complexity index is 962. The summed E-state index contributed by atoms with van der Waals surface area (Å²) in [6, 6.07) is 15.8.